The fourth-order valence-corrected chi connectivity index (χ4v) is 1.79. The van der Waals surface area contributed by atoms with Crippen LogP contribution in [0.3, 0.4) is 0 Å². The minimum Gasteiger partial charge on any atom is -0.403 e. The van der Waals surface area contributed by atoms with Crippen molar-refractivity contribution >= 4 is 35.2 Å². The van der Waals surface area contributed by atoms with Gasteiger partial charge in [0, 0.05) is 4.90 Å². The third kappa shape index (κ3) is 3.26. The standard InChI is InChI=1S/C7H4F3IOS/c8-7(9,10)12-6-4(11)2-1-3-5(6)13/h1-3,13H. The van der Waals surface area contributed by atoms with E-state index in [2.05, 4.69) is 17.4 Å². The lowest BCUT2D eigenvalue weighted by Gasteiger charge is -2.11. The predicted molar refractivity (Wildman–Crippen MR) is 53.1 cm³/mol. The van der Waals surface area contributed by atoms with Gasteiger partial charge in [0.25, 0.3) is 0 Å². The van der Waals surface area contributed by atoms with E-state index in [1.54, 1.807) is 28.7 Å². The monoisotopic (exact) mass is 320 g/mol. The lowest BCUT2D eigenvalue weighted by atomic mass is 10.3. The Morgan fingerprint density at radius 2 is 1.92 bits per heavy atom. The fourth-order valence-electron chi connectivity index (χ4n) is 0.714. The van der Waals surface area contributed by atoms with Gasteiger partial charge in [-0.05, 0) is 34.7 Å². The Hall–Kier alpha value is -0.110. The Balaban J connectivity index is 3.00. The molecule has 1 rings (SSSR count). The van der Waals surface area contributed by atoms with E-state index >= 15 is 0 Å². The molecule has 0 saturated carbocycles. The third-order valence-corrected chi connectivity index (χ3v) is 2.37. The summed E-state index contributed by atoms with van der Waals surface area (Å²) in [7, 11) is 0. The van der Waals surface area contributed by atoms with Crippen molar-refractivity contribution in [3.05, 3.63) is 21.8 Å². The molecular formula is C7H4F3IOS. The lowest BCUT2D eigenvalue weighted by molar-refractivity contribution is -0.275. The molecule has 0 aliphatic rings. The summed E-state index contributed by atoms with van der Waals surface area (Å²) in [6.07, 6.45) is -4.67. The molecule has 0 aromatic heterocycles. The first-order valence-electron chi connectivity index (χ1n) is 3.13. The molecule has 6 heteroatoms. The van der Waals surface area contributed by atoms with E-state index in [1.807, 2.05) is 0 Å². The van der Waals surface area contributed by atoms with Gasteiger partial charge in [0.1, 0.15) is 0 Å². The summed E-state index contributed by atoms with van der Waals surface area (Å²) >= 11 is 5.60. The van der Waals surface area contributed by atoms with Gasteiger partial charge >= 0.3 is 6.36 Å². The highest BCUT2D eigenvalue weighted by atomic mass is 127. The number of benzene rings is 1. The Bertz CT molecular complexity index is 293. The Labute approximate surface area is 91.8 Å². The Morgan fingerprint density at radius 1 is 1.31 bits per heavy atom. The minimum atomic E-state index is -4.67. The molecule has 0 heterocycles. The van der Waals surface area contributed by atoms with Crippen LogP contribution in [0.4, 0.5) is 13.2 Å². The molecule has 0 spiro atoms. The van der Waals surface area contributed by atoms with Crippen LogP contribution in [-0.2, 0) is 0 Å². The average Bonchev–Trinajstić information content (AvgIpc) is 1.95. The first-order chi connectivity index (χ1) is 5.90. The number of rotatable bonds is 1. The zero-order valence-corrected chi connectivity index (χ0v) is 9.15. The van der Waals surface area contributed by atoms with E-state index in [9.17, 15) is 13.2 Å². The first kappa shape index (κ1) is 11.0. The molecule has 0 fully saturated rings. The van der Waals surface area contributed by atoms with Crippen molar-refractivity contribution in [3.63, 3.8) is 0 Å². The van der Waals surface area contributed by atoms with Crippen LogP contribution in [0.5, 0.6) is 5.75 Å². The largest absolute Gasteiger partial charge is 0.573 e. The van der Waals surface area contributed by atoms with Gasteiger partial charge in [-0.15, -0.1) is 25.8 Å². The summed E-state index contributed by atoms with van der Waals surface area (Å²) < 4.78 is 39.7. The second-order valence-corrected chi connectivity index (χ2v) is 3.78. The normalized spacial score (nSPS) is 11.5. The molecule has 0 radical (unpaired) electrons. The van der Waals surface area contributed by atoms with Crippen LogP contribution < -0.4 is 4.74 Å². The predicted octanol–water partition coefficient (Wildman–Crippen LogP) is 3.48. The van der Waals surface area contributed by atoms with E-state index in [1.165, 1.54) is 12.1 Å². The molecule has 1 nitrogen and oxygen atoms in total. The molecule has 13 heavy (non-hydrogen) atoms. The zero-order chi connectivity index (χ0) is 10.1. The summed E-state index contributed by atoms with van der Waals surface area (Å²) in [6, 6.07) is 4.56. The van der Waals surface area contributed by atoms with Crippen molar-refractivity contribution in [3.8, 4) is 5.75 Å². The molecule has 72 valence electrons. The zero-order valence-electron chi connectivity index (χ0n) is 6.10. The number of thiol groups is 1. The average molecular weight is 320 g/mol. The highest BCUT2D eigenvalue weighted by Crippen LogP contribution is 2.32. The number of halogens is 4. The van der Waals surface area contributed by atoms with Crippen molar-refractivity contribution in [2.24, 2.45) is 0 Å². The maximum Gasteiger partial charge on any atom is 0.573 e. The van der Waals surface area contributed by atoms with Gasteiger partial charge in [-0.25, -0.2) is 0 Å². The van der Waals surface area contributed by atoms with Gasteiger partial charge in [-0.2, -0.15) is 0 Å². The Morgan fingerprint density at radius 3 is 2.38 bits per heavy atom. The molecule has 1 aromatic rings. The maximum absolute atomic E-state index is 11.8. The van der Waals surface area contributed by atoms with Gasteiger partial charge in [-0.1, -0.05) is 6.07 Å². The quantitative estimate of drug-likeness (QED) is 0.616. The molecule has 0 saturated heterocycles. The summed E-state index contributed by atoms with van der Waals surface area (Å²) in [6.45, 7) is 0. The smallest absolute Gasteiger partial charge is 0.403 e. The van der Waals surface area contributed by atoms with Crippen LogP contribution in [0.25, 0.3) is 0 Å². The van der Waals surface area contributed by atoms with E-state index in [0.717, 1.165) is 0 Å². The first-order valence-corrected chi connectivity index (χ1v) is 4.66. The summed E-state index contributed by atoms with van der Waals surface area (Å²) in [5.74, 6) is -0.251. The molecule has 0 aliphatic carbocycles. The number of ether oxygens (including phenoxy) is 1. The van der Waals surface area contributed by atoms with E-state index in [4.69, 9.17) is 0 Å². The third-order valence-electron chi connectivity index (χ3n) is 1.16. The molecule has 0 aliphatic heterocycles. The lowest BCUT2D eigenvalue weighted by Crippen LogP contribution is -2.18. The minimum absolute atomic E-state index is 0.171. The number of alkyl halides is 3. The number of hydrogen-bond acceptors (Lipinski definition) is 2. The maximum atomic E-state index is 11.8. The fraction of sp³-hybridized carbons (Fsp3) is 0.143. The van der Waals surface area contributed by atoms with Gasteiger partial charge in [0.05, 0.1) is 3.57 Å². The van der Waals surface area contributed by atoms with Crippen molar-refractivity contribution in [1.29, 1.82) is 0 Å². The van der Waals surface area contributed by atoms with Crippen LogP contribution in [0.1, 0.15) is 0 Å². The van der Waals surface area contributed by atoms with Crippen molar-refractivity contribution in [2.45, 2.75) is 11.3 Å². The van der Waals surface area contributed by atoms with Crippen molar-refractivity contribution in [2.75, 3.05) is 0 Å². The highest BCUT2D eigenvalue weighted by Gasteiger charge is 2.32. The molecule has 0 unspecified atom stereocenters. The molecule has 0 N–H and O–H groups in total. The van der Waals surface area contributed by atoms with Crippen molar-refractivity contribution < 1.29 is 17.9 Å². The topological polar surface area (TPSA) is 9.23 Å². The summed E-state index contributed by atoms with van der Waals surface area (Å²) in [4.78, 5) is 0.171. The van der Waals surface area contributed by atoms with E-state index < -0.39 is 6.36 Å². The van der Waals surface area contributed by atoms with Crippen LogP contribution in [0, 0.1) is 3.57 Å². The second kappa shape index (κ2) is 3.95. The molecule has 1 aromatic carbocycles. The molecule has 0 atom stereocenters. The van der Waals surface area contributed by atoms with Crippen LogP contribution in [-0.4, -0.2) is 6.36 Å². The van der Waals surface area contributed by atoms with Gasteiger partial charge in [-0.3, -0.25) is 0 Å². The summed E-state index contributed by atoms with van der Waals surface area (Å²) in [5, 5.41) is 0. The van der Waals surface area contributed by atoms with Gasteiger partial charge in [0.15, 0.2) is 5.75 Å². The summed E-state index contributed by atoms with van der Waals surface area (Å²) in [5.41, 5.74) is 0. The van der Waals surface area contributed by atoms with Crippen LogP contribution in [0.15, 0.2) is 23.1 Å². The van der Waals surface area contributed by atoms with Gasteiger partial charge in [0.2, 0.25) is 0 Å². The van der Waals surface area contributed by atoms with Crippen molar-refractivity contribution in [1.82, 2.24) is 0 Å². The highest BCUT2D eigenvalue weighted by molar-refractivity contribution is 14.1. The van der Waals surface area contributed by atoms with E-state index in [-0.39, 0.29) is 10.6 Å². The van der Waals surface area contributed by atoms with E-state index in [0.29, 0.717) is 3.57 Å². The molecular weight excluding hydrogens is 316 g/mol. The van der Waals surface area contributed by atoms with Gasteiger partial charge < -0.3 is 4.74 Å². The van der Waals surface area contributed by atoms with Crippen LogP contribution in [0.2, 0.25) is 0 Å². The number of hydrogen-bond donors (Lipinski definition) is 1. The molecule has 0 amide bonds. The Kier molecular flexibility index (Phi) is 3.33. The number of para-hydroxylation sites is 1. The molecule has 0 bridgehead atoms. The second-order valence-electron chi connectivity index (χ2n) is 2.14. The van der Waals surface area contributed by atoms with Crippen LogP contribution >= 0.6 is 35.2 Å². The SMILES string of the molecule is FC(F)(F)Oc1c(S)cccc1I.